The first-order valence-electron chi connectivity index (χ1n) is 12.8. The number of hydrogen-bond acceptors (Lipinski definition) is 6. The molecule has 5 aromatic rings. The number of hydrogen-bond donors (Lipinski definition) is 1. The maximum Gasteiger partial charge on any atom is 0.328 e. The topological polar surface area (TPSA) is 106 Å². The number of halogens is 1. The summed E-state index contributed by atoms with van der Waals surface area (Å²) in [6.45, 7) is 0.353. The molecule has 0 fully saturated rings. The fourth-order valence-corrected chi connectivity index (χ4v) is 4.41. The van der Waals surface area contributed by atoms with Gasteiger partial charge in [0, 0.05) is 23.8 Å². The molecule has 0 aliphatic heterocycles. The Balaban J connectivity index is 1.24. The lowest BCUT2D eigenvalue weighted by Crippen LogP contribution is -2.43. The molecule has 1 N–H and O–H groups in total. The van der Waals surface area contributed by atoms with Crippen molar-refractivity contribution in [1.29, 1.82) is 5.26 Å². The first-order chi connectivity index (χ1) is 19.9. The van der Waals surface area contributed by atoms with Crippen molar-refractivity contribution < 1.29 is 19.1 Å². The fourth-order valence-electron chi connectivity index (χ4n) is 4.28. The van der Waals surface area contributed by atoms with Crippen molar-refractivity contribution in [3.05, 3.63) is 125 Å². The third-order valence-electron chi connectivity index (χ3n) is 6.51. The summed E-state index contributed by atoms with van der Waals surface area (Å²) >= 11 is 6.00. The van der Waals surface area contributed by atoms with Crippen LogP contribution in [0.5, 0.6) is 5.75 Å². The van der Waals surface area contributed by atoms with E-state index in [4.69, 9.17) is 26.3 Å². The standard InChI is InChI=1S/C32H25ClN4O4/c1-40-32(39)28(16-21-6-12-27(13-7-21)41-20-23-4-2-22(18-34)3-5-23)36-31(38)29-19-37-15-14-25(17-30(37)35-29)24-8-10-26(33)11-9-24/h2-15,17,19,28H,16,20H2,1H3,(H,36,38)/t28-/m0/s1. The summed E-state index contributed by atoms with van der Waals surface area (Å²) in [6, 6.07) is 26.9. The number of rotatable bonds is 9. The van der Waals surface area contributed by atoms with Gasteiger partial charge in [-0.3, -0.25) is 4.79 Å². The van der Waals surface area contributed by atoms with E-state index in [9.17, 15) is 9.59 Å². The zero-order valence-electron chi connectivity index (χ0n) is 22.1. The monoisotopic (exact) mass is 564 g/mol. The van der Waals surface area contributed by atoms with Gasteiger partial charge >= 0.3 is 5.97 Å². The predicted octanol–water partition coefficient (Wildman–Crippen LogP) is 5.62. The van der Waals surface area contributed by atoms with Gasteiger partial charge in [-0.25, -0.2) is 9.78 Å². The van der Waals surface area contributed by atoms with Crippen LogP contribution < -0.4 is 10.1 Å². The van der Waals surface area contributed by atoms with E-state index in [1.54, 1.807) is 34.9 Å². The maximum absolute atomic E-state index is 13.1. The van der Waals surface area contributed by atoms with Gasteiger partial charge in [0.2, 0.25) is 0 Å². The summed E-state index contributed by atoms with van der Waals surface area (Å²) in [6.07, 6.45) is 3.67. The second-order valence-electron chi connectivity index (χ2n) is 9.31. The highest BCUT2D eigenvalue weighted by atomic mass is 35.5. The van der Waals surface area contributed by atoms with Gasteiger partial charge in [0.05, 0.1) is 18.7 Å². The number of fused-ring (bicyclic) bond motifs is 1. The first-order valence-corrected chi connectivity index (χ1v) is 13.1. The maximum atomic E-state index is 13.1. The Kier molecular flexibility index (Phi) is 8.28. The van der Waals surface area contributed by atoms with E-state index in [-0.39, 0.29) is 12.1 Å². The van der Waals surface area contributed by atoms with Crippen molar-refractivity contribution in [3.63, 3.8) is 0 Å². The molecule has 0 radical (unpaired) electrons. The lowest BCUT2D eigenvalue weighted by atomic mass is 10.1. The Morgan fingerprint density at radius 2 is 1.68 bits per heavy atom. The number of methoxy groups -OCH3 is 1. The summed E-state index contributed by atoms with van der Waals surface area (Å²) in [5.74, 6) is -0.396. The molecule has 0 aliphatic rings. The Hall–Kier alpha value is -5.13. The normalized spacial score (nSPS) is 11.4. The molecule has 5 rings (SSSR count). The van der Waals surface area contributed by atoms with Crippen LogP contribution in [0.4, 0.5) is 0 Å². The number of nitriles is 1. The molecule has 9 heteroatoms. The summed E-state index contributed by atoms with van der Waals surface area (Å²) in [4.78, 5) is 30.1. The number of carbonyl (C=O) groups is 2. The number of imidazole rings is 1. The van der Waals surface area contributed by atoms with Crippen LogP contribution in [0.2, 0.25) is 5.02 Å². The third-order valence-corrected chi connectivity index (χ3v) is 6.77. The molecule has 0 saturated heterocycles. The van der Waals surface area contributed by atoms with Crippen LogP contribution in [0.1, 0.15) is 27.2 Å². The highest BCUT2D eigenvalue weighted by molar-refractivity contribution is 6.30. The number of carbonyl (C=O) groups excluding carboxylic acids is 2. The van der Waals surface area contributed by atoms with Crippen LogP contribution >= 0.6 is 11.6 Å². The SMILES string of the molecule is COC(=O)[C@H](Cc1ccc(OCc2ccc(C#N)cc2)cc1)NC(=O)c1cn2ccc(-c3ccc(Cl)cc3)cc2n1. The summed E-state index contributed by atoms with van der Waals surface area (Å²) < 4.78 is 12.5. The van der Waals surface area contributed by atoms with Crippen molar-refractivity contribution in [1.82, 2.24) is 14.7 Å². The van der Waals surface area contributed by atoms with Crippen LogP contribution in [0.3, 0.4) is 0 Å². The number of amides is 1. The lowest BCUT2D eigenvalue weighted by molar-refractivity contribution is -0.142. The van der Waals surface area contributed by atoms with Gasteiger partial charge in [0.25, 0.3) is 5.91 Å². The number of pyridine rings is 1. The predicted molar refractivity (Wildman–Crippen MR) is 155 cm³/mol. The van der Waals surface area contributed by atoms with Crippen molar-refractivity contribution >= 4 is 29.1 Å². The van der Waals surface area contributed by atoms with E-state index in [1.165, 1.54) is 7.11 Å². The fraction of sp³-hybridized carbons (Fsp3) is 0.125. The van der Waals surface area contributed by atoms with Crippen molar-refractivity contribution in [2.24, 2.45) is 0 Å². The van der Waals surface area contributed by atoms with E-state index in [2.05, 4.69) is 16.4 Å². The molecule has 1 atom stereocenters. The minimum Gasteiger partial charge on any atom is -0.489 e. The van der Waals surface area contributed by atoms with E-state index in [0.717, 1.165) is 22.3 Å². The van der Waals surface area contributed by atoms with E-state index >= 15 is 0 Å². The van der Waals surface area contributed by atoms with Crippen LogP contribution in [0.15, 0.2) is 97.3 Å². The van der Waals surface area contributed by atoms with Gasteiger partial charge in [-0.1, -0.05) is 48.0 Å². The molecule has 0 aliphatic carbocycles. The van der Waals surface area contributed by atoms with Gasteiger partial charge in [-0.2, -0.15) is 5.26 Å². The molecule has 2 aromatic heterocycles. The average molecular weight is 565 g/mol. The van der Waals surface area contributed by atoms with Gasteiger partial charge in [0.1, 0.15) is 29.7 Å². The summed E-state index contributed by atoms with van der Waals surface area (Å²) in [5.41, 5.74) is 5.02. The Morgan fingerprint density at radius 3 is 2.37 bits per heavy atom. The Morgan fingerprint density at radius 1 is 0.976 bits per heavy atom. The van der Waals surface area contributed by atoms with Gasteiger partial charge in [0.15, 0.2) is 0 Å². The summed E-state index contributed by atoms with van der Waals surface area (Å²) in [5, 5.41) is 12.3. The molecule has 2 heterocycles. The second-order valence-corrected chi connectivity index (χ2v) is 9.75. The number of esters is 1. The quantitative estimate of drug-likeness (QED) is 0.233. The molecule has 41 heavy (non-hydrogen) atoms. The van der Waals surface area contributed by atoms with Crippen molar-refractivity contribution in [2.75, 3.05) is 7.11 Å². The van der Waals surface area contributed by atoms with Gasteiger partial charge in [-0.15, -0.1) is 0 Å². The molecule has 3 aromatic carbocycles. The largest absolute Gasteiger partial charge is 0.489 e. The number of aromatic nitrogens is 2. The highest BCUT2D eigenvalue weighted by Gasteiger charge is 2.24. The van der Waals surface area contributed by atoms with E-state index in [0.29, 0.717) is 28.6 Å². The van der Waals surface area contributed by atoms with Gasteiger partial charge < -0.3 is 19.2 Å². The van der Waals surface area contributed by atoms with Crippen LogP contribution in [0, 0.1) is 11.3 Å². The van der Waals surface area contributed by atoms with Crippen LogP contribution in [-0.4, -0.2) is 34.4 Å². The molecule has 0 unspecified atom stereocenters. The molecular weight excluding hydrogens is 540 g/mol. The van der Waals surface area contributed by atoms with Gasteiger partial charge in [-0.05, 0) is 70.8 Å². The number of benzene rings is 3. The molecule has 204 valence electrons. The highest BCUT2D eigenvalue weighted by Crippen LogP contribution is 2.23. The minimum absolute atomic E-state index is 0.179. The number of nitrogens with one attached hydrogen (secondary N) is 1. The second kappa shape index (κ2) is 12.4. The van der Waals surface area contributed by atoms with Crippen LogP contribution in [-0.2, 0) is 22.6 Å². The van der Waals surface area contributed by atoms with E-state index < -0.39 is 17.9 Å². The molecule has 8 nitrogen and oxygen atoms in total. The smallest absolute Gasteiger partial charge is 0.328 e. The van der Waals surface area contributed by atoms with Crippen molar-refractivity contribution in [2.45, 2.75) is 19.1 Å². The zero-order valence-corrected chi connectivity index (χ0v) is 22.8. The Labute approximate surface area is 241 Å². The number of ether oxygens (including phenoxy) is 2. The molecule has 1 amide bonds. The third kappa shape index (κ3) is 6.72. The Bertz CT molecular complexity index is 1720. The molecular formula is C32H25ClN4O4. The number of nitrogens with zero attached hydrogens (tertiary/aromatic N) is 3. The minimum atomic E-state index is -0.910. The first kappa shape index (κ1) is 27.4. The molecule has 0 saturated carbocycles. The van der Waals surface area contributed by atoms with Crippen LogP contribution in [0.25, 0.3) is 16.8 Å². The molecule has 0 bridgehead atoms. The zero-order chi connectivity index (χ0) is 28.8. The lowest BCUT2D eigenvalue weighted by Gasteiger charge is -2.16. The van der Waals surface area contributed by atoms with E-state index in [1.807, 2.05) is 66.9 Å². The van der Waals surface area contributed by atoms with Crippen molar-refractivity contribution in [3.8, 4) is 22.9 Å². The summed E-state index contributed by atoms with van der Waals surface area (Å²) in [7, 11) is 1.28. The average Bonchev–Trinajstić information content (AvgIpc) is 3.44. The molecule has 0 spiro atoms.